The van der Waals surface area contributed by atoms with Gasteiger partial charge in [0.2, 0.25) is 10.0 Å². The van der Waals surface area contributed by atoms with Crippen LogP contribution in [-0.4, -0.2) is 52.3 Å². The minimum absolute atomic E-state index is 0.0415. The van der Waals surface area contributed by atoms with E-state index in [-0.39, 0.29) is 29.1 Å². The van der Waals surface area contributed by atoms with Gasteiger partial charge >= 0.3 is 5.97 Å². The molecule has 8 heteroatoms. The Bertz CT molecular complexity index is 1440. The lowest BCUT2D eigenvalue weighted by molar-refractivity contribution is -0.142. The lowest BCUT2D eigenvalue weighted by Gasteiger charge is -2.44. The average molecular weight is 590 g/mol. The van der Waals surface area contributed by atoms with Gasteiger partial charge in [0.25, 0.3) is 8.32 Å². The van der Waals surface area contributed by atoms with Gasteiger partial charge in [-0.2, -0.15) is 4.31 Å². The second-order valence-corrected chi connectivity index (χ2v) is 17.8. The van der Waals surface area contributed by atoms with Crippen LogP contribution in [0.1, 0.15) is 39.7 Å². The topological polar surface area (TPSA) is 72.9 Å². The summed E-state index contributed by atoms with van der Waals surface area (Å²) in [5.74, 6) is 1.91. The molecule has 1 saturated heterocycles. The Balaban J connectivity index is 1.80. The summed E-state index contributed by atoms with van der Waals surface area (Å²) in [5.41, 5.74) is 0.957. The normalized spacial score (nSPS) is 20.0. The largest absolute Gasteiger partial charge is 0.465 e. The van der Waals surface area contributed by atoms with Crippen molar-refractivity contribution in [2.75, 3.05) is 13.2 Å². The maximum atomic E-state index is 14.1. The number of benzene rings is 3. The Labute approximate surface area is 245 Å². The van der Waals surface area contributed by atoms with E-state index in [9.17, 15) is 13.2 Å². The van der Waals surface area contributed by atoms with E-state index in [2.05, 4.69) is 51.0 Å². The molecule has 3 atom stereocenters. The number of esters is 1. The molecule has 0 unspecified atom stereocenters. The third kappa shape index (κ3) is 6.19. The van der Waals surface area contributed by atoms with Gasteiger partial charge in [0.05, 0.1) is 24.2 Å². The maximum absolute atomic E-state index is 14.1. The molecule has 6 nitrogen and oxygen atoms in total. The summed E-state index contributed by atoms with van der Waals surface area (Å²) >= 11 is 0. The first-order valence-electron chi connectivity index (χ1n) is 13.9. The Kier molecular flexibility index (Phi) is 9.24. The number of hydrogen-bond donors (Lipinski definition) is 0. The number of carbonyl (C=O) groups excluding carboxylic acids is 1. The molecule has 3 aromatic carbocycles. The first kappa shape index (κ1) is 30.7. The Morgan fingerprint density at radius 3 is 1.95 bits per heavy atom. The molecule has 0 amide bonds. The first-order chi connectivity index (χ1) is 19.4. The van der Waals surface area contributed by atoms with E-state index in [1.165, 1.54) is 11.2 Å². The van der Waals surface area contributed by atoms with Crippen LogP contribution in [-0.2, 0) is 24.0 Å². The summed E-state index contributed by atoms with van der Waals surface area (Å²) < 4.78 is 42.2. The zero-order valence-corrected chi connectivity index (χ0v) is 26.2. The number of ether oxygens (including phenoxy) is 1. The molecular weight excluding hydrogens is 551 g/mol. The van der Waals surface area contributed by atoms with Crippen molar-refractivity contribution < 1.29 is 22.4 Å². The van der Waals surface area contributed by atoms with Crippen LogP contribution in [0.15, 0.2) is 89.8 Å². The molecule has 0 radical (unpaired) electrons. The van der Waals surface area contributed by atoms with Gasteiger partial charge in [0, 0.05) is 18.9 Å². The van der Waals surface area contributed by atoms with Gasteiger partial charge in [-0.1, -0.05) is 105 Å². The molecule has 0 aliphatic carbocycles. The third-order valence-electron chi connectivity index (χ3n) is 7.83. The summed E-state index contributed by atoms with van der Waals surface area (Å²) in [6.45, 7) is 9.98. The van der Waals surface area contributed by atoms with Crippen molar-refractivity contribution in [3.05, 3.63) is 90.5 Å². The van der Waals surface area contributed by atoms with Crippen molar-refractivity contribution in [1.29, 1.82) is 0 Å². The van der Waals surface area contributed by atoms with Gasteiger partial charge in [0.15, 0.2) is 0 Å². The number of rotatable bonds is 9. The third-order valence-corrected chi connectivity index (χ3v) is 14.8. The van der Waals surface area contributed by atoms with Gasteiger partial charge in [-0.25, -0.2) is 8.42 Å². The quantitative estimate of drug-likeness (QED) is 0.209. The predicted octanol–water partition coefficient (Wildman–Crippen LogP) is 4.52. The van der Waals surface area contributed by atoms with Crippen molar-refractivity contribution in [2.45, 2.75) is 63.1 Å². The van der Waals surface area contributed by atoms with Gasteiger partial charge < -0.3 is 9.16 Å². The summed E-state index contributed by atoms with van der Waals surface area (Å²) in [7, 11) is -6.93. The Hall–Kier alpha value is -3.22. The fourth-order valence-electron chi connectivity index (χ4n) is 5.91. The Morgan fingerprint density at radius 2 is 1.49 bits per heavy atom. The highest BCUT2D eigenvalue weighted by Gasteiger charge is 2.53. The van der Waals surface area contributed by atoms with Crippen molar-refractivity contribution >= 4 is 34.7 Å². The van der Waals surface area contributed by atoms with Crippen molar-refractivity contribution in [1.82, 2.24) is 4.31 Å². The second kappa shape index (κ2) is 12.3. The average Bonchev–Trinajstić information content (AvgIpc) is 3.31. The van der Waals surface area contributed by atoms with Crippen molar-refractivity contribution in [3.8, 4) is 12.3 Å². The molecule has 3 aromatic rings. The van der Waals surface area contributed by atoms with Crippen LogP contribution in [0.2, 0.25) is 5.04 Å². The zero-order valence-electron chi connectivity index (χ0n) is 24.4. The molecule has 1 aliphatic rings. The molecule has 0 bridgehead atoms. The predicted molar refractivity (Wildman–Crippen MR) is 165 cm³/mol. The van der Waals surface area contributed by atoms with E-state index in [0.717, 1.165) is 15.9 Å². The van der Waals surface area contributed by atoms with E-state index in [1.807, 2.05) is 43.3 Å². The molecule has 216 valence electrons. The smallest absolute Gasteiger partial charge is 0.302 e. The molecule has 1 fully saturated rings. The molecule has 1 aliphatic heterocycles. The van der Waals surface area contributed by atoms with Gasteiger partial charge in [-0.05, 0) is 40.9 Å². The highest BCUT2D eigenvalue weighted by atomic mass is 32.2. The number of aryl methyl sites for hydroxylation is 1. The van der Waals surface area contributed by atoms with Crippen LogP contribution in [0, 0.1) is 25.2 Å². The van der Waals surface area contributed by atoms with Crippen molar-refractivity contribution in [2.24, 2.45) is 5.92 Å². The molecule has 41 heavy (non-hydrogen) atoms. The summed E-state index contributed by atoms with van der Waals surface area (Å²) in [4.78, 5) is 11.8. The zero-order chi connectivity index (χ0) is 29.8. The second-order valence-electron chi connectivity index (χ2n) is 11.7. The number of sulfonamides is 1. The molecule has 0 N–H and O–H groups in total. The van der Waals surface area contributed by atoms with E-state index >= 15 is 0 Å². The Morgan fingerprint density at radius 1 is 0.951 bits per heavy atom. The first-order valence-corrected chi connectivity index (χ1v) is 17.2. The maximum Gasteiger partial charge on any atom is 0.302 e. The van der Waals surface area contributed by atoms with Crippen LogP contribution < -0.4 is 10.4 Å². The monoisotopic (exact) mass is 589 g/mol. The van der Waals surface area contributed by atoms with Gasteiger partial charge in [-0.15, -0.1) is 6.42 Å². The minimum Gasteiger partial charge on any atom is -0.465 e. The van der Waals surface area contributed by atoms with E-state index in [1.54, 1.807) is 24.3 Å². The minimum atomic E-state index is -3.98. The number of terminal acetylenes is 1. The van der Waals surface area contributed by atoms with Gasteiger partial charge in [-0.3, -0.25) is 4.79 Å². The standard InChI is InChI=1S/C33H39NO5SSi/c1-7-32-27(23-38-26(3)35)22-28(34(32)40(36,37)29-20-18-25(2)19-21-29)24-39-41(33(4,5)6,30-14-10-8-11-15-30)31-16-12-9-13-17-31/h1,8-21,27-28,32H,22-24H2,2-6H3/t27-,28-,32-/m0/s1. The van der Waals surface area contributed by atoms with Crippen LogP contribution in [0.25, 0.3) is 0 Å². The molecule has 0 saturated carbocycles. The summed E-state index contributed by atoms with van der Waals surface area (Å²) in [5, 5.41) is 1.93. The molecule has 1 heterocycles. The van der Waals surface area contributed by atoms with Crippen LogP contribution >= 0.6 is 0 Å². The van der Waals surface area contributed by atoms with Crippen molar-refractivity contribution in [3.63, 3.8) is 0 Å². The number of nitrogens with zero attached hydrogens (tertiary/aromatic N) is 1. The van der Waals surface area contributed by atoms with E-state index in [0.29, 0.717) is 6.42 Å². The van der Waals surface area contributed by atoms with Crippen LogP contribution in [0.5, 0.6) is 0 Å². The fourth-order valence-corrected chi connectivity index (χ4v) is 12.3. The number of hydrogen-bond acceptors (Lipinski definition) is 5. The highest BCUT2D eigenvalue weighted by Crippen LogP contribution is 2.40. The molecular formula is C33H39NO5SSi. The molecule has 0 spiro atoms. The molecule has 4 rings (SSSR count). The van der Waals surface area contributed by atoms with Crippen LogP contribution in [0.3, 0.4) is 0 Å². The number of carbonyl (C=O) groups is 1. The summed E-state index contributed by atoms with van der Waals surface area (Å²) in [6.07, 6.45) is 6.39. The lowest BCUT2D eigenvalue weighted by atomic mass is 10.0. The van der Waals surface area contributed by atoms with E-state index < -0.39 is 36.4 Å². The fraction of sp³-hybridized carbons (Fsp3) is 0.364. The van der Waals surface area contributed by atoms with E-state index in [4.69, 9.17) is 15.6 Å². The summed E-state index contributed by atoms with van der Waals surface area (Å²) in [6, 6.07) is 25.9. The SMILES string of the molecule is C#C[C@H]1[C@H](COC(C)=O)C[C@@H](CO[Si](c2ccccc2)(c2ccccc2)C(C)(C)C)N1S(=O)(=O)c1ccc(C)cc1. The van der Waals surface area contributed by atoms with Gasteiger partial charge in [0.1, 0.15) is 0 Å². The lowest BCUT2D eigenvalue weighted by Crippen LogP contribution is -2.67. The highest BCUT2D eigenvalue weighted by molar-refractivity contribution is 7.89. The van der Waals surface area contributed by atoms with Crippen LogP contribution in [0.4, 0.5) is 0 Å². The molecule has 0 aromatic heterocycles.